The summed E-state index contributed by atoms with van der Waals surface area (Å²) in [6, 6.07) is 18.5. The summed E-state index contributed by atoms with van der Waals surface area (Å²) in [6.45, 7) is 3.83. The van der Waals surface area contributed by atoms with Crippen LogP contribution in [-0.4, -0.2) is 67.6 Å². The Morgan fingerprint density at radius 1 is 0.840 bits per heavy atom. The quantitative estimate of drug-likeness (QED) is 0.165. The summed E-state index contributed by atoms with van der Waals surface area (Å²) < 4.78 is 11.7. The SMILES string of the molecule is COc1cc(-c2nccc(-c3cccc(-c4cc5c(c(OC)c4)CN(C[C@H]4CCC(=O)N4)CC5)c3Cl)c2Cl)ccc1CNC[C@@H]1CCC(=O)N1. The molecule has 50 heavy (non-hydrogen) atoms. The average Bonchev–Trinajstić information content (AvgIpc) is 3.74. The lowest BCUT2D eigenvalue weighted by Gasteiger charge is -2.32. The van der Waals surface area contributed by atoms with Gasteiger partial charge in [-0.3, -0.25) is 19.5 Å². The van der Waals surface area contributed by atoms with Crippen LogP contribution in [0, 0.1) is 0 Å². The number of rotatable bonds is 11. The number of nitrogens with zero attached hydrogens (tertiary/aromatic N) is 2. The third-order valence-electron chi connectivity index (χ3n) is 10.0. The Morgan fingerprint density at radius 3 is 2.30 bits per heavy atom. The summed E-state index contributed by atoms with van der Waals surface area (Å²) in [4.78, 5) is 30.3. The molecule has 3 aliphatic rings. The molecule has 1 aromatic heterocycles. The standard InChI is InChI=1S/C39H41Cl2N5O4/c1-49-33-17-24(6-7-25(33)19-42-20-27-8-10-35(47)44-27)39-38(41)31(12-14-43-39)30-5-3-4-29(37(30)40)26-16-23-13-15-46(21-28-9-11-36(48)45-28)22-32(23)34(18-26)50-2/h3-7,12,14,16-18,27-28,42H,8-11,13,15,19-22H2,1-2H3,(H,44,47)(H,45,48)/t27-,28+/m0/s1. The van der Waals surface area contributed by atoms with E-state index in [1.54, 1.807) is 20.4 Å². The first-order chi connectivity index (χ1) is 24.3. The van der Waals surface area contributed by atoms with Gasteiger partial charge in [0.1, 0.15) is 11.5 Å². The highest BCUT2D eigenvalue weighted by Crippen LogP contribution is 2.44. The van der Waals surface area contributed by atoms with Crippen LogP contribution in [0.5, 0.6) is 11.5 Å². The van der Waals surface area contributed by atoms with E-state index in [1.165, 1.54) is 11.1 Å². The monoisotopic (exact) mass is 713 g/mol. The van der Waals surface area contributed by atoms with Crippen molar-refractivity contribution >= 4 is 35.0 Å². The molecule has 0 unspecified atom stereocenters. The molecule has 3 aromatic carbocycles. The number of carbonyl (C=O) groups excluding carboxylic acids is 2. The zero-order chi connectivity index (χ0) is 34.8. The second-order valence-electron chi connectivity index (χ2n) is 13.3. The number of methoxy groups -OCH3 is 2. The minimum Gasteiger partial charge on any atom is -0.496 e. The van der Waals surface area contributed by atoms with Crippen molar-refractivity contribution in [3.8, 4) is 45.0 Å². The number of amides is 2. The van der Waals surface area contributed by atoms with Gasteiger partial charge in [0.15, 0.2) is 0 Å². The third kappa shape index (κ3) is 7.19. The van der Waals surface area contributed by atoms with Crippen LogP contribution in [0.25, 0.3) is 33.5 Å². The molecule has 3 aliphatic heterocycles. The Balaban J connectivity index is 1.13. The van der Waals surface area contributed by atoms with Crippen LogP contribution >= 0.6 is 23.2 Å². The van der Waals surface area contributed by atoms with E-state index >= 15 is 0 Å². The molecule has 4 aromatic rings. The van der Waals surface area contributed by atoms with Gasteiger partial charge in [-0.1, -0.05) is 59.6 Å². The van der Waals surface area contributed by atoms with Gasteiger partial charge in [0, 0.05) is 97.2 Å². The van der Waals surface area contributed by atoms with Gasteiger partial charge in [0.05, 0.1) is 30.0 Å². The van der Waals surface area contributed by atoms with Crippen LogP contribution in [0.1, 0.15) is 42.4 Å². The first kappa shape index (κ1) is 34.3. The molecule has 0 spiro atoms. The molecule has 2 saturated heterocycles. The van der Waals surface area contributed by atoms with Crippen LogP contribution in [0.4, 0.5) is 0 Å². The van der Waals surface area contributed by atoms with Gasteiger partial charge in [-0.15, -0.1) is 0 Å². The van der Waals surface area contributed by atoms with Crippen LogP contribution < -0.4 is 25.4 Å². The molecule has 2 atom stereocenters. The maximum Gasteiger partial charge on any atom is 0.220 e. The fourth-order valence-electron chi connectivity index (χ4n) is 7.37. The molecule has 0 bridgehead atoms. The Labute approximate surface area is 302 Å². The van der Waals surface area contributed by atoms with Crippen LogP contribution in [0.15, 0.2) is 60.8 Å². The normalized spacial score (nSPS) is 18.9. The first-order valence-corrected chi connectivity index (χ1v) is 17.9. The molecule has 7 rings (SSSR count). The lowest BCUT2D eigenvalue weighted by molar-refractivity contribution is -0.120. The maximum atomic E-state index is 11.7. The number of nitrogens with one attached hydrogen (secondary N) is 3. The van der Waals surface area contributed by atoms with E-state index in [-0.39, 0.29) is 23.9 Å². The number of hydrogen-bond donors (Lipinski definition) is 3. The summed E-state index contributed by atoms with van der Waals surface area (Å²) >= 11 is 14.3. The number of halogens is 2. The predicted octanol–water partition coefficient (Wildman–Crippen LogP) is 6.41. The fourth-order valence-corrected chi connectivity index (χ4v) is 8.03. The van der Waals surface area contributed by atoms with Gasteiger partial charge in [-0.25, -0.2) is 0 Å². The number of hydrogen-bond acceptors (Lipinski definition) is 7. The van der Waals surface area contributed by atoms with Gasteiger partial charge in [0.2, 0.25) is 11.8 Å². The lowest BCUT2D eigenvalue weighted by atomic mass is 9.92. The zero-order valence-corrected chi connectivity index (χ0v) is 29.8. The Bertz CT molecular complexity index is 1920. The molecule has 4 heterocycles. The van der Waals surface area contributed by atoms with Crippen molar-refractivity contribution in [1.82, 2.24) is 25.8 Å². The minimum absolute atomic E-state index is 0.109. The van der Waals surface area contributed by atoms with Crippen molar-refractivity contribution in [3.05, 3.63) is 87.5 Å². The van der Waals surface area contributed by atoms with E-state index < -0.39 is 0 Å². The second kappa shape index (κ2) is 15.0. The van der Waals surface area contributed by atoms with E-state index in [9.17, 15) is 9.59 Å². The van der Waals surface area contributed by atoms with Crippen molar-refractivity contribution in [2.75, 3.05) is 33.9 Å². The number of carbonyl (C=O) groups is 2. The Morgan fingerprint density at radius 2 is 1.56 bits per heavy atom. The molecule has 260 valence electrons. The van der Waals surface area contributed by atoms with Gasteiger partial charge in [0.25, 0.3) is 0 Å². The summed E-state index contributed by atoms with van der Waals surface area (Å²) in [5.74, 6) is 1.81. The highest BCUT2D eigenvalue weighted by Gasteiger charge is 2.27. The van der Waals surface area contributed by atoms with E-state index in [1.807, 2.05) is 42.5 Å². The molecule has 11 heteroatoms. The number of pyridine rings is 1. The minimum atomic E-state index is 0.109. The molecule has 9 nitrogen and oxygen atoms in total. The van der Waals surface area contributed by atoms with Crippen LogP contribution in [0.2, 0.25) is 10.0 Å². The second-order valence-corrected chi connectivity index (χ2v) is 14.0. The van der Waals surface area contributed by atoms with Crippen LogP contribution in [-0.2, 0) is 29.1 Å². The molecular weight excluding hydrogens is 673 g/mol. The summed E-state index contributed by atoms with van der Waals surface area (Å²) in [7, 11) is 3.36. The molecule has 3 N–H and O–H groups in total. The fraction of sp³-hybridized carbons (Fsp3) is 0.359. The molecule has 2 fully saturated rings. The van der Waals surface area contributed by atoms with Crippen molar-refractivity contribution < 1.29 is 19.1 Å². The number of benzene rings is 3. The van der Waals surface area contributed by atoms with Crippen molar-refractivity contribution in [2.24, 2.45) is 0 Å². The van der Waals surface area contributed by atoms with Crippen molar-refractivity contribution in [1.29, 1.82) is 0 Å². The van der Waals surface area contributed by atoms with E-state index in [0.29, 0.717) is 41.7 Å². The highest BCUT2D eigenvalue weighted by atomic mass is 35.5. The van der Waals surface area contributed by atoms with Gasteiger partial charge in [-0.2, -0.15) is 0 Å². The summed E-state index contributed by atoms with van der Waals surface area (Å²) in [6.07, 6.45) is 5.56. The Hall–Kier alpha value is -4.15. The van der Waals surface area contributed by atoms with Gasteiger partial charge < -0.3 is 25.4 Å². The van der Waals surface area contributed by atoms with Crippen LogP contribution in [0.3, 0.4) is 0 Å². The molecular formula is C39H41Cl2N5O4. The highest BCUT2D eigenvalue weighted by molar-refractivity contribution is 6.39. The smallest absolute Gasteiger partial charge is 0.220 e. The molecule has 0 saturated carbocycles. The van der Waals surface area contributed by atoms with Gasteiger partial charge >= 0.3 is 0 Å². The van der Waals surface area contributed by atoms with E-state index in [0.717, 1.165) is 83.8 Å². The largest absolute Gasteiger partial charge is 0.496 e. The zero-order valence-electron chi connectivity index (χ0n) is 28.3. The van der Waals surface area contributed by atoms with Crippen molar-refractivity contribution in [3.63, 3.8) is 0 Å². The predicted molar refractivity (Wildman–Crippen MR) is 197 cm³/mol. The molecule has 2 amide bonds. The summed E-state index contributed by atoms with van der Waals surface area (Å²) in [5, 5.41) is 10.6. The molecule has 0 aliphatic carbocycles. The average molecular weight is 715 g/mol. The number of fused-ring (bicyclic) bond motifs is 1. The lowest BCUT2D eigenvalue weighted by Crippen LogP contribution is -2.41. The van der Waals surface area contributed by atoms with E-state index in [4.69, 9.17) is 32.7 Å². The van der Waals surface area contributed by atoms with E-state index in [2.05, 4.69) is 38.0 Å². The first-order valence-electron chi connectivity index (χ1n) is 17.1. The van der Waals surface area contributed by atoms with Gasteiger partial charge in [-0.05, 0) is 48.6 Å². The number of ether oxygens (including phenoxy) is 2. The van der Waals surface area contributed by atoms with Crippen molar-refractivity contribution in [2.45, 2.75) is 57.3 Å². The Kier molecular flexibility index (Phi) is 10.3. The summed E-state index contributed by atoms with van der Waals surface area (Å²) in [5.41, 5.74) is 8.36. The third-order valence-corrected chi connectivity index (χ3v) is 10.8. The number of aromatic nitrogens is 1. The maximum absolute atomic E-state index is 11.7. The molecule has 0 radical (unpaired) electrons. The topological polar surface area (TPSA) is 105 Å².